The molecule has 7 nitrogen and oxygen atoms in total. The standard InChI is InChI=1S/C19H19N5O2.2ClH/c1-23-18(25)11-16(14-4-7-20-8-5-14)22-19(23)24-9-10-26-17(13-24)15-3-2-6-21-12-15;;/h2-8,11-12,17H,9-10,13H2,1H3;2*1H. The Kier molecular flexibility index (Phi) is 7.51. The van der Waals surface area contributed by atoms with Crippen molar-refractivity contribution in [3.8, 4) is 11.3 Å². The van der Waals surface area contributed by atoms with Gasteiger partial charge in [-0.25, -0.2) is 4.98 Å². The van der Waals surface area contributed by atoms with E-state index in [9.17, 15) is 4.79 Å². The molecule has 0 aliphatic carbocycles. The smallest absolute Gasteiger partial charge is 0.255 e. The number of halogens is 2. The Morgan fingerprint density at radius 2 is 1.89 bits per heavy atom. The first-order chi connectivity index (χ1) is 12.7. The van der Waals surface area contributed by atoms with Crippen LogP contribution in [-0.2, 0) is 11.8 Å². The molecule has 1 saturated heterocycles. The molecule has 1 aliphatic rings. The molecule has 148 valence electrons. The van der Waals surface area contributed by atoms with Gasteiger partial charge in [-0.2, -0.15) is 0 Å². The van der Waals surface area contributed by atoms with Crippen molar-refractivity contribution in [2.75, 3.05) is 24.6 Å². The molecule has 0 N–H and O–H groups in total. The van der Waals surface area contributed by atoms with Gasteiger partial charge in [0.25, 0.3) is 5.56 Å². The number of ether oxygens (including phenoxy) is 1. The Labute approximate surface area is 175 Å². The van der Waals surface area contributed by atoms with Crippen LogP contribution in [0.4, 0.5) is 5.95 Å². The molecule has 1 aliphatic heterocycles. The summed E-state index contributed by atoms with van der Waals surface area (Å²) in [7, 11) is 1.75. The molecule has 0 saturated carbocycles. The highest BCUT2D eigenvalue weighted by atomic mass is 35.5. The maximum absolute atomic E-state index is 12.5. The van der Waals surface area contributed by atoms with Crippen molar-refractivity contribution >= 4 is 30.8 Å². The van der Waals surface area contributed by atoms with E-state index in [1.54, 1.807) is 36.3 Å². The molecule has 1 atom stereocenters. The van der Waals surface area contributed by atoms with Crippen molar-refractivity contribution in [1.82, 2.24) is 19.5 Å². The Morgan fingerprint density at radius 3 is 2.61 bits per heavy atom. The van der Waals surface area contributed by atoms with E-state index in [1.165, 1.54) is 0 Å². The number of hydrogen-bond donors (Lipinski definition) is 0. The Balaban J connectivity index is 0.00000140. The molecule has 0 bridgehead atoms. The van der Waals surface area contributed by atoms with E-state index in [4.69, 9.17) is 9.72 Å². The van der Waals surface area contributed by atoms with Crippen LogP contribution in [0, 0.1) is 0 Å². The lowest BCUT2D eigenvalue weighted by Crippen LogP contribution is -2.41. The van der Waals surface area contributed by atoms with Crippen molar-refractivity contribution in [2.24, 2.45) is 7.05 Å². The fraction of sp³-hybridized carbons (Fsp3) is 0.263. The van der Waals surface area contributed by atoms with Gasteiger partial charge in [-0.15, -0.1) is 24.8 Å². The summed E-state index contributed by atoms with van der Waals surface area (Å²) in [6.07, 6.45) is 6.85. The van der Waals surface area contributed by atoms with Crippen LogP contribution in [0.25, 0.3) is 11.3 Å². The lowest BCUT2D eigenvalue weighted by molar-refractivity contribution is 0.0387. The second-order valence-electron chi connectivity index (χ2n) is 6.17. The largest absolute Gasteiger partial charge is 0.370 e. The van der Waals surface area contributed by atoms with Gasteiger partial charge in [-0.1, -0.05) is 6.07 Å². The average molecular weight is 422 g/mol. The van der Waals surface area contributed by atoms with Gasteiger partial charge in [0, 0.05) is 55.6 Å². The van der Waals surface area contributed by atoms with E-state index >= 15 is 0 Å². The second kappa shape index (κ2) is 9.64. The van der Waals surface area contributed by atoms with Crippen molar-refractivity contribution in [3.63, 3.8) is 0 Å². The first-order valence-electron chi connectivity index (χ1n) is 8.47. The van der Waals surface area contributed by atoms with Crippen molar-refractivity contribution in [1.29, 1.82) is 0 Å². The van der Waals surface area contributed by atoms with Crippen LogP contribution in [-0.4, -0.2) is 39.2 Å². The van der Waals surface area contributed by atoms with E-state index in [0.29, 0.717) is 31.3 Å². The third-order valence-corrected chi connectivity index (χ3v) is 4.49. The summed E-state index contributed by atoms with van der Waals surface area (Å²) in [5.74, 6) is 0.640. The molecule has 3 aromatic heterocycles. The van der Waals surface area contributed by atoms with Gasteiger partial charge in [0.05, 0.1) is 18.8 Å². The van der Waals surface area contributed by atoms with Crippen LogP contribution in [0.1, 0.15) is 11.7 Å². The third-order valence-electron chi connectivity index (χ3n) is 4.49. The van der Waals surface area contributed by atoms with Crippen molar-refractivity contribution < 1.29 is 4.74 Å². The van der Waals surface area contributed by atoms with Crippen molar-refractivity contribution in [2.45, 2.75) is 6.10 Å². The predicted molar refractivity (Wildman–Crippen MR) is 112 cm³/mol. The number of hydrogen-bond acceptors (Lipinski definition) is 6. The molecule has 3 aromatic rings. The van der Waals surface area contributed by atoms with E-state index in [-0.39, 0.29) is 36.5 Å². The number of pyridine rings is 2. The zero-order chi connectivity index (χ0) is 17.9. The maximum atomic E-state index is 12.5. The molecule has 1 fully saturated rings. The van der Waals surface area contributed by atoms with Crippen LogP contribution in [0.15, 0.2) is 59.9 Å². The quantitative estimate of drug-likeness (QED) is 0.646. The molecule has 0 amide bonds. The third kappa shape index (κ3) is 4.49. The molecular formula is C19H21Cl2N5O2. The summed E-state index contributed by atoms with van der Waals surface area (Å²) in [5.41, 5.74) is 2.45. The van der Waals surface area contributed by atoms with Crippen LogP contribution < -0.4 is 10.5 Å². The molecule has 0 spiro atoms. The fourth-order valence-electron chi connectivity index (χ4n) is 3.08. The minimum Gasteiger partial charge on any atom is -0.370 e. The average Bonchev–Trinajstić information content (AvgIpc) is 2.71. The SMILES string of the molecule is Cl.Cl.Cn1c(N2CCOC(c3cccnc3)C2)nc(-c2ccncc2)cc1=O. The Morgan fingerprint density at radius 1 is 1.11 bits per heavy atom. The van der Waals surface area contributed by atoms with E-state index in [1.807, 2.05) is 30.5 Å². The van der Waals surface area contributed by atoms with Gasteiger partial charge in [0.1, 0.15) is 6.10 Å². The summed E-state index contributed by atoms with van der Waals surface area (Å²) in [4.78, 5) is 27.5. The lowest BCUT2D eigenvalue weighted by atomic mass is 10.1. The maximum Gasteiger partial charge on any atom is 0.255 e. The van der Waals surface area contributed by atoms with E-state index in [2.05, 4.69) is 14.9 Å². The van der Waals surface area contributed by atoms with E-state index in [0.717, 1.165) is 11.1 Å². The highest BCUT2D eigenvalue weighted by molar-refractivity contribution is 5.85. The molecular weight excluding hydrogens is 401 g/mol. The molecule has 1 unspecified atom stereocenters. The fourth-order valence-corrected chi connectivity index (χ4v) is 3.08. The van der Waals surface area contributed by atoms with Crippen molar-refractivity contribution in [3.05, 3.63) is 71.0 Å². The summed E-state index contributed by atoms with van der Waals surface area (Å²) in [6, 6.07) is 9.15. The van der Waals surface area contributed by atoms with Gasteiger partial charge in [0.15, 0.2) is 0 Å². The highest BCUT2D eigenvalue weighted by Gasteiger charge is 2.25. The van der Waals surface area contributed by atoms with Gasteiger partial charge < -0.3 is 9.64 Å². The number of morpholine rings is 1. The van der Waals surface area contributed by atoms with Gasteiger partial charge in [-0.3, -0.25) is 19.3 Å². The van der Waals surface area contributed by atoms with Crippen LogP contribution in [0.5, 0.6) is 0 Å². The Bertz CT molecular complexity index is 954. The van der Waals surface area contributed by atoms with Gasteiger partial charge >= 0.3 is 0 Å². The molecule has 4 heterocycles. The summed E-state index contributed by atoms with van der Waals surface area (Å²) in [5, 5.41) is 0. The van der Waals surface area contributed by atoms with Crippen LogP contribution in [0.3, 0.4) is 0 Å². The monoisotopic (exact) mass is 421 g/mol. The first-order valence-corrected chi connectivity index (χ1v) is 8.47. The van der Waals surface area contributed by atoms with Gasteiger partial charge in [-0.05, 0) is 18.2 Å². The zero-order valence-corrected chi connectivity index (χ0v) is 16.9. The minimum absolute atomic E-state index is 0. The zero-order valence-electron chi connectivity index (χ0n) is 15.3. The lowest BCUT2D eigenvalue weighted by Gasteiger charge is -2.34. The minimum atomic E-state index is -0.0982. The van der Waals surface area contributed by atoms with Crippen LogP contribution in [0.2, 0.25) is 0 Å². The summed E-state index contributed by atoms with van der Waals surface area (Å²) < 4.78 is 7.48. The summed E-state index contributed by atoms with van der Waals surface area (Å²) in [6.45, 7) is 1.86. The van der Waals surface area contributed by atoms with E-state index < -0.39 is 0 Å². The number of nitrogens with zero attached hydrogens (tertiary/aromatic N) is 5. The molecule has 28 heavy (non-hydrogen) atoms. The summed E-state index contributed by atoms with van der Waals surface area (Å²) >= 11 is 0. The predicted octanol–water partition coefficient (Wildman–Crippen LogP) is 2.66. The first kappa shape index (κ1) is 21.8. The topological polar surface area (TPSA) is 73.1 Å². The molecule has 0 radical (unpaired) electrons. The number of anilines is 1. The van der Waals surface area contributed by atoms with Gasteiger partial charge in [0.2, 0.25) is 5.95 Å². The second-order valence-corrected chi connectivity index (χ2v) is 6.17. The molecule has 9 heteroatoms. The molecule has 0 aromatic carbocycles. The number of rotatable bonds is 3. The van der Waals surface area contributed by atoms with Crippen LogP contribution >= 0.6 is 24.8 Å². The number of aromatic nitrogens is 4. The normalized spacial score (nSPS) is 16.0. The molecule has 4 rings (SSSR count). The Hall–Kier alpha value is -2.48. The highest BCUT2D eigenvalue weighted by Crippen LogP contribution is 2.25.